The van der Waals surface area contributed by atoms with Crippen molar-refractivity contribution in [2.45, 2.75) is 44.6 Å². The number of aliphatic hydroxyl groups is 1. The molecule has 1 fully saturated rings. The van der Waals surface area contributed by atoms with E-state index in [9.17, 15) is 14.3 Å². The van der Waals surface area contributed by atoms with E-state index in [1.165, 1.54) is 6.07 Å². The van der Waals surface area contributed by atoms with Crippen molar-refractivity contribution >= 4 is 21.8 Å². The first-order valence-electron chi connectivity index (χ1n) is 7.44. The van der Waals surface area contributed by atoms with Crippen molar-refractivity contribution in [3.8, 4) is 0 Å². The van der Waals surface area contributed by atoms with Crippen LogP contribution in [0.25, 0.3) is 0 Å². The molecule has 1 aliphatic carbocycles. The summed E-state index contributed by atoms with van der Waals surface area (Å²) in [6, 6.07) is 4.95. The van der Waals surface area contributed by atoms with Crippen molar-refractivity contribution in [1.82, 2.24) is 5.32 Å². The lowest BCUT2D eigenvalue weighted by Crippen LogP contribution is -2.43. The zero-order chi connectivity index (χ0) is 15.2. The van der Waals surface area contributed by atoms with Gasteiger partial charge in [0.2, 0.25) is 5.91 Å². The zero-order valence-electron chi connectivity index (χ0n) is 11.9. The highest BCUT2D eigenvalue weighted by Crippen LogP contribution is 2.24. The Bertz CT molecular complexity index is 495. The van der Waals surface area contributed by atoms with Crippen molar-refractivity contribution < 1.29 is 14.3 Å². The summed E-state index contributed by atoms with van der Waals surface area (Å²) in [5.74, 6) is -0.196. The molecule has 21 heavy (non-hydrogen) atoms. The predicted octanol–water partition coefficient (Wildman–Crippen LogP) is 3.19. The van der Waals surface area contributed by atoms with Crippen molar-refractivity contribution in [1.29, 1.82) is 0 Å². The van der Waals surface area contributed by atoms with Gasteiger partial charge in [-0.25, -0.2) is 4.39 Å². The van der Waals surface area contributed by atoms with Gasteiger partial charge in [0.15, 0.2) is 0 Å². The van der Waals surface area contributed by atoms with Crippen LogP contribution in [0.5, 0.6) is 0 Å². The van der Waals surface area contributed by atoms with Crippen LogP contribution < -0.4 is 5.32 Å². The molecule has 2 atom stereocenters. The van der Waals surface area contributed by atoms with E-state index in [-0.39, 0.29) is 36.7 Å². The monoisotopic (exact) mass is 357 g/mol. The molecule has 1 aromatic carbocycles. The van der Waals surface area contributed by atoms with E-state index >= 15 is 0 Å². The largest absolute Gasteiger partial charge is 0.396 e. The van der Waals surface area contributed by atoms with Gasteiger partial charge >= 0.3 is 0 Å². The first kappa shape index (κ1) is 16.4. The number of halogens is 2. The minimum Gasteiger partial charge on any atom is -0.396 e. The molecule has 3 nitrogen and oxygen atoms in total. The molecule has 1 saturated carbocycles. The maximum atomic E-state index is 13.7. The molecule has 2 rings (SSSR count). The second-order valence-corrected chi connectivity index (χ2v) is 6.55. The fourth-order valence-corrected chi connectivity index (χ4v) is 3.20. The Hall–Kier alpha value is -0.940. The highest BCUT2D eigenvalue weighted by Gasteiger charge is 2.25. The van der Waals surface area contributed by atoms with E-state index in [0.717, 1.165) is 25.7 Å². The van der Waals surface area contributed by atoms with E-state index in [0.29, 0.717) is 16.5 Å². The van der Waals surface area contributed by atoms with E-state index in [1.54, 1.807) is 12.1 Å². The number of carbonyl (C=O) groups excluding carboxylic acids is 1. The second-order valence-electron chi connectivity index (χ2n) is 5.64. The standard InChI is InChI=1S/C16H21BrFNO2/c17-13-7-5-11(14(18)9-13)6-8-16(21)19-15-4-2-1-3-12(15)10-20/h5,7,9,12,15,20H,1-4,6,8,10H2,(H,19,21)/t12-,15+/m0/s1. The molecule has 1 amide bonds. The number of benzene rings is 1. The van der Waals surface area contributed by atoms with Gasteiger partial charge in [0.25, 0.3) is 0 Å². The summed E-state index contributed by atoms with van der Waals surface area (Å²) in [4.78, 5) is 12.0. The SMILES string of the molecule is O=C(CCc1ccc(Br)cc1F)N[C@@H]1CCCC[C@H]1CO. The molecule has 0 heterocycles. The first-order chi connectivity index (χ1) is 10.1. The molecule has 1 aromatic rings. The van der Waals surface area contributed by atoms with E-state index in [4.69, 9.17) is 0 Å². The summed E-state index contributed by atoms with van der Waals surface area (Å²) in [5, 5.41) is 12.3. The topological polar surface area (TPSA) is 49.3 Å². The van der Waals surface area contributed by atoms with Gasteiger partial charge in [-0.2, -0.15) is 0 Å². The van der Waals surface area contributed by atoms with Crippen molar-refractivity contribution in [3.63, 3.8) is 0 Å². The zero-order valence-corrected chi connectivity index (χ0v) is 13.5. The smallest absolute Gasteiger partial charge is 0.220 e. The molecular weight excluding hydrogens is 337 g/mol. The maximum absolute atomic E-state index is 13.7. The van der Waals surface area contributed by atoms with Crippen molar-refractivity contribution in [2.24, 2.45) is 5.92 Å². The Balaban J connectivity index is 1.84. The van der Waals surface area contributed by atoms with Crippen LogP contribution in [0, 0.1) is 11.7 Å². The number of carbonyl (C=O) groups is 1. The molecular formula is C16H21BrFNO2. The summed E-state index contributed by atoms with van der Waals surface area (Å²) in [7, 11) is 0. The lowest BCUT2D eigenvalue weighted by Gasteiger charge is -2.30. The summed E-state index contributed by atoms with van der Waals surface area (Å²) in [6.07, 6.45) is 4.74. The number of aryl methyl sites for hydroxylation is 1. The third kappa shape index (κ3) is 4.78. The van der Waals surface area contributed by atoms with Gasteiger partial charge < -0.3 is 10.4 Å². The summed E-state index contributed by atoms with van der Waals surface area (Å²) in [6.45, 7) is 0.117. The predicted molar refractivity (Wildman–Crippen MR) is 83.4 cm³/mol. The summed E-state index contributed by atoms with van der Waals surface area (Å²) >= 11 is 3.21. The van der Waals surface area contributed by atoms with Crippen LogP contribution in [0.4, 0.5) is 4.39 Å². The third-order valence-electron chi connectivity index (χ3n) is 4.13. The number of aliphatic hydroxyl groups excluding tert-OH is 1. The molecule has 0 saturated heterocycles. The Morgan fingerprint density at radius 2 is 2.14 bits per heavy atom. The van der Waals surface area contributed by atoms with Gasteiger partial charge in [-0.15, -0.1) is 0 Å². The molecule has 0 radical (unpaired) electrons. The summed E-state index contributed by atoms with van der Waals surface area (Å²) < 4.78 is 14.4. The molecule has 0 aromatic heterocycles. The Morgan fingerprint density at radius 3 is 2.86 bits per heavy atom. The van der Waals surface area contributed by atoms with E-state index < -0.39 is 0 Å². The Labute approximate surface area is 133 Å². The van der Waals surface area contributed by atoms with Gasteiger partial charge in [0.1, 0.15) is 5.82 Å². The van der Waals surface area contributed by atoms with Crippen molar-refractivity contribution in [2.75, 3.05) is 6.61 Å². The first-order valence-corrected chi connectivity index (χ1v) is 8.23. The minimum atomic E-state index is -0.289. The van der Waals surface area contributed by atoms with Crippen LogP contribution >= 0.6 is 15.9 Å². The van der Waals surface area contributed by atoms with Crippen LogP contribution in [0.1, 0.15) is 37.7 Å². The number of rotatable bonds is 5. The van der Waals surface area contributed by atoms with Crippen LogP contribution in [0.2, 0.25) is 0 Å². The molecule has 5 heteroatoms. The van der Waals surface area contributed by atoms with Crippen LogP contribution in [0.15, 0.2) is 22.7 Å². The lowest BCUT2D eigenvalue weighted by atomic mass is 9.85. The number of nitrogens with one attached hydrogen (secondary N) is 1. The van der Waals surface area contributed by atoms with Crippen LogP contribution in [0.3, 0.4) is 0 Å². The Morgan fingerprint density at radius 1 is 1.38 bits per heavy atom. The Kier molecular flexibility index (Phi) is 6.18. The molecule has 116 valence electrons. The fraction of sp³-hybridized carbons (Fsp3) is 0.562. The normalized spacial score (nSPS) is 22.0. The number of hydrogen-bond donors (Lipinski definition) is 2. The maximum Gasteiger partial charge on any atom is 0.220 e. The highest BCUT2D eigenvalue weighted by atomic mass is 79.9. The number of amides is 1. The van der Waals surface area contributed by atoms with Gasteiger partial charge in [0, 0.05) is 29.5 Å². The quantitative estimate of drug-likeness (QED) is 0.849. The highest BCUT2D eigenvalue weighted by molar-refractivity contribution is 9.10. The van der Waals surface area contributed by atoms with Gasteiger partial charge in [-0.05, 0) is 37.0 Å². The molecule has 1 aliphatic rings. The van der Waals surface area contributed by atoms with Gasteiger partial charge in [-0.3, -0.25) is 4.79 Å². The average molecular weight is 358 g/mol. The molecule has 0 spiro atoms. The van der Waals surface area contributed by atoms with Crippen molar-refractivity contribution in [3.05, 3.63) is 34.1 Å². The number of hydrogen-bond acceptors (Lipinski definition) is 2. The minimum absolute atomic E-state index is 0.0611. The van der Waals surface area contributed by atoms with E-state index in [1.807, 2.05) is 0 Å². The molecule has 0 unspecified atom stereocenters. The molecule has 0 bridgehead atoms. The summed E-state index contributed by atoms with van der Waals surface area (Å²) in [5.41, 5.74) is 0.552. The molecule has 0 aliphatic heterocycles. The molecule has 2 N–H and O–H groups in total. The van der Waals surface area contributed by atoms with Crippen LogP contribution in [-0.2, 0) is 11.2 Å². The van der Waals surface area contributed by atoms with Crippen LogP contribution in [-0.4, -0.2) is 23.7 Å². The van der Waals surface area contributed by atoms with E-state index in [2.05, 4.69) is 21.2 Å². The third-order valence-corrected chi connectivity index (χ3v) is 4.62. The fourth-order valence-electron chi connectivity index (χ4n) is 2.87. The van der Waals surface area contributed by atoms with Gasteiger partial charge in [-0.1, -0.05) is 34.8 Å². The second kappa shape index (κ2) is 7.90. The average Bonchev–Trinajstić information content (AvgIpc) is 2.47. The van der Waals surface area contributed by atoms with Gasteiger partial charge in [0.05, 0.1) is 0 Å². The lowest BCUT2D eigenvalue weighted by molar-refractivity contribution is -0.122.